The van der Waals surface area contributed by atoms with E-state index in [-0.39, 0.29) is 35.6 Å². The summed E-state index contributed by atoms with van der Waals surface area (Å²) in [6.07, 6.45) is 13.5. The average Bonchev–Trinajstić information content (AvgIpc) is 3.73. The number of hydrogen-bond donors (Lipinski definition) is 0. The van der Waals surface area contributed by atoms with E-state index in [1.165, 1.54) is 57.3 Å². The first-order chi connectivity index (χ1) is 20.2. The van der Waals surface area contributed by atoms with Crippen LogP contribution >= 0.6 is 0 Å². The molecule has 228 valence electrons. The Morgan fingerprint density at radius 1 is 0.705 bits per heavy atom. The van der Waals surface area contributed by atoms with E-state index in [0.29, 0.717) is 0 Å². The van der Waals surface area contributed by atoms with Crippen LogP contribution in [0.1, 0.15) is 94.2 Å². The van der Waals surface area contributed by atoms with Crippen molar-refractivity contribution >= 4 is 3.81 Å². The first kappa shape index (κ1) is 37.7. The summed E-state index contributed by atoms with van der Waals surface area (Å²) in [5, 5.41) is 0. The van der Waals surface area contributed by atoms with Crippen LogP contribution in [0.2, 0.25) is 0 Å². The Kier molecular flexibility index (Phi) is 14.8. The fraction of sp³-hybridized carbons (Fsp3) is 0.293. The number of halogens is 2. The second-order valence-corrected chi connectivity index (χ2v) is 13.2. The van der Waals surface area contributed by atoms with E-state index in [1.54, 1.807) is 3.81 Å². The molecule has 0 nitrogen and oxygen atoms in total. The Morgan fingerprint density at radius 2 is 1.25 bits per heavy atom. The number of fused-ring (bicyclic) bond motifs is 3. The Morgan fingerprint density at radius 3 is 1.70 bits per heavy atom. The van der Waals surface area contributed by atoms with Crippen LogP contribution in [0, 0.1) is 12.1 Å². The quantitative estimate of drug-likeness (QED) is 0.186. The second kappa shape index (κ2) is 17.3. The molecule has 4 aromatic carbocycles. The first-order valence-electron chi connectivity index (χ1n) is 15.3. The molecular formula is C41H44Cl2Ti-2. The van der Waals surface area contributed by atoms with E-state index >= 15 is 0 Å². The molecule has 44 heavy (non-hydrogen) atoms. The van der Waals surface area contributed by atoms with Crippen LogP contribution in [-0.2, 0) is 37.2 Å². The largest absolute Gasteiger partial charge is 1.00 e. The molecule has 0 fully saturated rings. The van der Waals surface area contributed by atoms with Crippen molar-refractivity contribution in [1.29, 1.82) is 0 Å². The third-order valence-corrected chi connectivity index (χ3v) is 9.77. The summed E-state index contributed by atoms with van der Waals surface area (Å²) in [6, 6.07) is 36.9. The van der Waals surface area contributed by atoms with Gasteiger partial charge in [-0.15, -0.1) is 17.5 Å². The molecule has 6 rings (SSSR count). The molecule has 0 atom stereocenters. The molecule has 0 bridgehead atoms. The zero-order valence-corrected chi connectivity index (χ0v) is 30.1. The molecule has 0 amide bonds. The van der Waals surface area contributed by atoms with Crippen molar-refractivity contribution in [2.75, 3.05) is 0 Å². The Hall–Kier alpha value is -2.48. The number of hydrogen-bond acceptors (Lipinski definition) is 0. The standard InChI is InChI=1S/C31H29.C5H5.C5H10.2ClH.Ti/c1-30(2,24-11-7-5-8-12-24)26-17-15-22-19-23-16-18-27(21-29(23)28(22)20-26)31(3,4)25-13-9-6-10-14-25;1-2-4-5-3-1;1-3-5-4-2;;;/h5-15,17-18,20-21H,19H2,1-4H3;1-3H,4H2;3-4H2,1-2H3;2*1H;/q2*-1;;;;+2/p-2. The zero-order chi connectivity index (χ0) is 30.2. The molecule has 0 N–H and O–H groups in total. The zero-order valence-electron chi connectivity index (χ0n) is 27.0. The summed E-state index contributed by atoms with van der Waals surface area (Å²) in [4.78, 5) is 0. The molecule has 0 aliphatic heterocycles. The topological polar surface area (TPSA) is 0 Å². The predicted molar refractivity (Wildman–Crippen MR) is 178 cm³/mol. The minimum Gasteiger partial charge on any atom is -1.00 e. The maximum atomic E-state index is 3.63. The van der Waals surface area contributed by atoms with Gasteiger partial charge in [-0.25, -0.2) is 12.2 Å². The van der Waals surface area contributed by atoms with E-state index in [0.717, 1.165) is 12.8 Å². The molecular weight excluding hydrogens is 611 g/mol. The molecule has 2 aliphatic rings. The van der Waals surface area contributed by atoms with E-state index in [2.05, 4.69) is 171 Å². The Labute approximate surface area is 290 Å². The summed E-state index contributed by atoms with van der Waals surface area (Å²) in [5.74, 6) is 0. The third kappa shape index (κ3) is 9.05. The van der Waals surface area contributed by atoms with Gasteiger partial charge < -0.3 is 24.8 Å². The van der Waals surface area contributed by atoms with Gasteiger partial charge in [0.1, 0.15) is 0 Å². The van der Waals surface area contributed by atoms with E-state index < -0.39 is 0 Å². The summed E-state index contributed by atoms with van der Waals surface area (Å²) in [6.45, 7) is 13.6. The fourth-order valence-corrected chi connectivity index (χ4v) is 5.47. The fourth-order valence-electron chi connectivity index (χ4n) is 5.47. The molecule has 0 saturated heterocycles. The van der Waals surface area contributed by atoms with Crippen LogP contribution in [0.15, 0.2) is 109 Å². The van der Waals surface area contributed by atoms with Crippen molar-refractivity contribution in [1.82, 2.24) is 0 Å². The summed E-state index contributed by atoms with van der Waals surface area (Å²) in [7, 11) is 0. The average molecular weight is 656 g/mol. The third-order valence-electron chi connectivity index (χ3n) is 8.67. The van der Waals surface area contributed by atoms with Gasteiger partial charge in [0.2, 0.25) is 0 Å². The monoisotopic (exact) mass is 654 g/mol. The van der Waals surface area contributed by atoms with E-state index in [4.69, 9.17) is 0 Å². The number of benzene rings is 4. The van der Waals surface area contributed by atoms with Crippen LogP contribution in [0.5, 0.6) is 0 Å². The normalized spacial score (nSPS) is 12.4. The second-order valence-electron chi connectivity index (χ2n) is 12.1. The molecule has 0 unspecified atom stereocenters. The summed E-state index contributed by atoms with van der Waals surface area (Å²) >= 11 is 2.19. The van der Waals surface area contributed by atoms with Gasteiger partial charge in [-0.1, -0.05) is 118 Å². The molecule has 4 aromatic rings. The van der Waals surface area contributed by atoms with Crippen molar-refractivity contribution in [3.05, 3.63) is 155 Å². The van der Waals surface area contributed by atoms with Gasteiger partial charge in [-0.05, 0) is 28.5 Å². The molecule has 0 saturated carbocycles. The molecule has 0 radical (unpaired) electrons. The van der Waals surface area contributed by atoms with Gasteiger partial charge in [0.25, 0.3) is 0 Å². The molecule has 0 heterocycles. The summed E-state index contributed by atoms with van der Waals surface area (Å²) < 4.78 is 1.59. The van der Waals surface area contributed by atoms with Crippen molar-refractivity contribution in [2.45, 2.75) is 78.1 Å². The van der Waals surface area contributed by atoms with Gasteiger partial charge in [-0.2, -0.15) is 29.8 Å². The van der Waals surface area contributed by atoms with Crippen LogP contribution in [0.4, 0.5) is 0 Å². The van der Waals surface area contributed by atoms with Gasteiger partial charge in [-0.3, -0.25) is 6.08 Å². The van der Waals surface area contributed by atoms with Gasteiger partial charge in [0, 0.05) is 5.41 Å². The van der Waals surface area contributed by atoms with E-state index in [9.17, 15) is 0 Å². The molecule has 0 aromatic heterocycles. The van der Waals surface area contributed by atoms with Crippen molar-refractivity contribution in [3.63, 3.8) is 0 Å². The molecule has 0 spiro atoms. The van der Waals surface area contributed by atoms with Crippen LogP contribution in [0.25, 0.3) is 11.1 Å². The Bertz CT molecular complexity index is 1430. The molecule has 3 heteroatoms. The van der Waals surface area contributed by atoms with Crippen LogP contribution in [-0.4, -0.2) is 3.81 Å². The van der Waals surface area contributed by atoms with Gasteiger partial charge >= 0.3 is 50.5 Å². The van der Waals surface area contributed by atoms with Crippen molar-refractivity contribution < 1.29 is 44.8 Å². The van der Waals surface area contributed by atoms with Crippen molar-refractivity contribution in [3.8, 4) is 11.1 Å². The molecule has 2 aliphatic carbocycles. The summed E-state index contributed by atoms with van der Waals surface area (Å²) in [5.41, 5.74) is 10.7. The Balaban J connectivity index is 0.000000443. The number of rotatable bonds is 6. The van der Waals surface area contributed by atoms with Crippen LogP contribution < -0.4 is 24.8 Å². The van der Waals surface area contributed by atoms with Crippen molar-refractivity contribution in [2.24, 2.45) is 0 Å². The minimum absolute atomic E-state index is 0. The SMILES string of the molecule is CC(C)(c1ccccc1)c1c[c-]c2c(c1)-c1cc(C(C)(C)c3ccccc3)ccc1C2.CC[C](=[Ti+2])CC.[C-]1=CC=CC1.[Cl-].[Cl-]. The van der Waals surface area contributed by atoms with Crippen LogP contribution in [0.3, 0.4) is 0 Å². The maximum absolute atomic E-state index is 3.63. The first-order valence-corrected chi connectivity index (χ1v) is 16.0. The minimum atomic E-state index is -0.0591. The number of allylic oxidation sites excluding steroid dienone is 4. The predicted octanol–water partition coefficient (Wildman–Crippen LogP) is 4.55. The maximum Gasteiger partial charge on any atom is -0.109 e. The van der Waals surface area contributed by atoms with Gasteiger partial charge in [0.15, 0.2) is 0 Å². The smallest absolute Gasteiger partial charge is 0.109 e. The van der Waals surface area contributed by atoms with E-state index in [1.807, 2.05) is 12.2 Å². The van der Waals surface area contributed by atoms with Gasteiger partial charge in [0.05, 0.1) is 0 Å².